The smallest absolute Gasteiger partial charge is 0.0626 e. The molecular weight excluding hydrogens is 374 g/mol. The maximum Gasteiger partial charge on any atom is 0.0626 e. The Bertz CT molecular complexity index is 1780. The number of hydrogen-bond acceptors (Lipinski definition) is 0. The van der Waals surface area contributed by atoms with Crippen LogP contribution >= 0.6 is 0 Å². The molecule has 0 aliphatic heterocycles. The van der Waals surface area contributed by atoms with Crippen LogP contribution in [0, 0.1) is 13.8 Å². The van der Waals surface area contributed by atoms with Crippen LogP contribution in [0.2, 0.25) is 0 Å². The van der Waals surface area contributed by atoms with Gasteiger partial charge in [-0.15, -0.1) is 0 Å². The lowest BCUT2D eigenvalue weighted by molar-refractivity contribution is 1.37. The number of hydrogen-bond donors (Lipinski definition) is 0. The Morgan fingerprint density at radius 1 is 0.516 bits per heavy atom. The highest BCUT2D eigenvalue weighted by Gasteiger charge is 2.19. The van der Waals surface area contributed by atoms with Gasteiger partial charge in [0.1, 0.15) is 0 Å². The molecule has 0 unspecified atom stereocenters. The lowest BCUT2D eigenvalue weighted by Gasteiger charge is -2.07. The fraction of sp³-hybridized carbons (Fsp3) is 0.0667. The van der Waals surface area contributed by atoms with Gasteiger partial charge in [-0.3, -0.25) is 0 Å². The molecule has 31 heavy (non-hydrogen) atoms. The summed E-state index contributed by atoms with van der Waals surface area (Å²) in [6.45, 7) is 4.35. The van der Waals surface area contributed by atoms with Gasteiger partial charge >= 0.3 is 0 Å². The van der Waals surface area contributed by atoms with E-state index in [2.05, 4.69) is 109 Å². The van der Waals surface area contributed by atoms with Crippen LogP contribution in [0.1, 0.15) is 11.1 Å². The molecule has 7 aromatic rings. The predicted molar refractivity (Wildman–Crippen MR) is 134 cm³/mol. The van der Waals surface area contributed by atoms with Gasteiger partial charge in [-0.05, 0) is 60.0 Å². The number of para-hydroxylation sites is 1. The maximum atomic E-state index is 2.47. The monoisotopic (exact) mass is 395 g/mol. The summed E-state index contributed by atoms with van der Waals surface area (Å²) in [7, 11) is 0. The molecule has 7 rings (SSSR count). The predicted octanol–water partition coefficient (Wildman–Crippen LogP) is 8.27. The number of benzene rings is 5. The first-order chi connectivity index (χ1) is 15.2. The largest absolute Gasteiger partial charge is 0.308 e. The van der Waals surface area contributed by atoms with E-state index in [1.54, 1.807) is 0 Å². The van der Waals surface area contributed by atoms with Gasteiger partial charge in [0.25, 0.3) is 0 Å². The van der Waals surface area contributed by atoms with E-state index >= 15 is 0 Å². The van der Waals surface area contributed by atoms with Crippen LogP contribution in [0.4, 0.5) is 0 Å². The van der Waals surface area contributed by atoms with E-state index < -0.39 is 0 Å². The average Bonchev–Trinajstić information content (AvgIpc) is 3.29. The molecule has 0 amide bonds. The van der Waals surface area contributed by atoms with E-state index in [9.17, 15) is 0 Å². The lowest BCUT2D eigenvalue weighted by atomic mass is 9.97. The van der Waals surface area contributed by atoms with E-state index in [0.717, 1.165) is 0 Å². The van der Waals surface area contributed by atoms with Crippen molar-refractivity contribution in [3.63, 3.8) is 0 Å². The van der Waals surface area contributed by atoms with Gasteiger partial charge in [0.15, 0.2) is 0 Å². The minimum absolute atomic E-state index is 1.28. The number of fused-ring (bicyclic) bond motifs is 8. The van der Waals surface area contributed by atoms with Crippen molar-refractivity contribution in [1.82, 2.24) is 4.40 Å². The van der Waals surface area contributed by atoms with Crippen LogP contribution in [0.3, 0.4) is 0 Å². The van der Waals surface area contributed by atoms with Crippen LogP contribution in [0.15, 0.2) is 91.0 Å². The molecule has 0 spiro atoms. The van der Waals surface area contributed by atoms with Crippen LogP contribution in [-0.2, 0) is 0 Å². The Hall–Kier alpha value is -3.84. The first-order valence-electron chi connectivity index (χ1n) is 10.9. The van der Waals surface area contributed by atoms with Gasteiger partial charge < -0.3 is 4.40 Å². The maximum absolute atomic E-state index is 2.47. The Labute approximate surface area is 180 Å². The number of aromatic nitrogens is 1. The number of nitrogens with zero attached hydrogens (tertiary/aromatic N) is 1. The van der Waals surface area contributed by atoms with Gasteiger partial charge in [-0.25, -0.2) is 0 Å². The van der Waals surface area contributed by atoms with Crippen LogP contribution < -0.4 is 0 Å². The van der Waals surface area contributed by atoms with E-state index in [1.165, 1.54) is 71.1 Å². The fourth-order valence-electron chi connectivity index (χ4n) is 5.57. The van der Waals surface area contributed by atoms with Crippen molar-refractivity contribution in [2.24, 2.45) is 0 Å². The van der Waals surface area contributed by atoms with E-state index in [-0.39, 0.29) is 0 Å². The Kier molecular flexibility index (Phi) is 3.20. The van der Waals surface area contributed by atoms with Gasteiger partial charge in [0, 0.05) is 21.5 Å². The van der Waals surface area contributed by atoms with Crippen LogP contribution in [-0.4, -0.2) is 4.40 Å². The minimum Gasteiger partial charge on any atom is -0.308 e. The molecule has 1 heteroatoms. The standard InChI is InChI=1S/C30H21N/c1-18-13-19(2)15-22(14-18)20-11-12-28-25(16-20)26-17-21-7-3-4-8-23(21)29-24-9-5-6-10-27(24)31(28)30(26)29/h3-17H,1-2H3. The average molecular weight is 396 g/mol. The topological polar surface area (TPSA) is 4.41 Å². The highest BCUT2D eigenvalue weighted by atomic mass is 14.9. The molecule has 0 fully saturated rings. The second kappa shape index (κ2) is 5.86. The zero-order valence-electron chi connectivity index (χ0n) is 17.6. The van der Waals surface area contributed by atoms with Crippen molar-refractivity contribution in [2.75, 3.05) is 0 Å². The lowest BCUT2D eigenvalue weighted by Crippen LogP contribution is -1.84. The Morgan fingerprint density at radius 3 is 2.06 bits per heavy atom. The molecule has 0 aliphatic rings. The molecule has 0 radical (unpaired) electrons. The van der Waals surface area contributed by atoms with Crippen molar-refractivity contribution in [3.05, 3.63) is 102 Å². The third kappa shape index (κ3) is 2.21. The van der Waals surface area contributed by atoms with Crippen molar-refractivity contribution < 1.29 is 0 Å². The van der Waals surface area contributed by atoms with Crippen LogP contribution in [0.5, 0.6) is 0 Å². The first kappa shape index (κ1) is 16.9. The van der Waals surface area contributed by atoms with Crippen LogP contribution in [0.25, 0.3) is 60.0 Å². The molecule has 0 N–H and O–H groups in total. The molecule has 0 bridgehead atoms. The fourth-order valence-corrected chi connectivity index (χ4v) is 5.57. The van der Waals surface area contributed by atoms with Crippen molar-refractivity contribution in [2.45, 2.75) is 13.8 Å². The van der Waals surface area contributed by atoms with Gasteiger partial charge in [0.2, 0.25) is 0 Å². The summed E-state index contributed by atoms with van der Waals surface area (Å²) in [6.07, 6.45) is 0. The zero-order valence-corrected chi connectivity index (χ0v) is 17.6. The first-order valence-corrected chi connectivity index (χ1v) is 10.9. The molecule has 5 aromatic carbocycles. The summed E-state index contributed by atoms with van der Waals surface area (Å²) in [5.74, 6) is 0. The molecular formula is C30H21N. The molecule has 146 valence electrons. The summed E-state index contributed by atoms with van der Waals surface area (Å²) in [5.41, 5.74) is 9.09. The minimum atomic E-state index is 1.28. The third-order valence-electron chi connectivity index (χ3n) is 6.74. The summed E-state index contributed by atoms with van der Waals surface area (Å²) in [5, 5.41) is 8.00. The second-order valence-electron chi connectivity index (χ2n) is 8.83. The molecule has 2 aromatic heterocycles. The molecule has 0 aliphatic carbocycles. The van der Waals surface area contributed by atoms with Crippen molar-refractivity contribution in [3.8, 4) is 11.1 Å². The van der Waals surface area contributed by atoms with Gasteiger partial charge in [0.05, 0.1) is 16.6 Å². The molecule has 0 saturated heterocycles. The highest BCUT2D eigenvalue weighted by Crippen LogP contribution is 2.43. The van der Waals surface area contributed by atoms with E-state index in [0.29, 0.717) is 0 Å². The molecule has 2 heterocycles. The van der Waals surface area contributed by atoms with E-state index in [4.69, 9.17) is 0 Å². The quantitative estimate of drug-likeness (QED) is 0.263. The SMILES string of the molecule is Cc1cc(C)cc(-c2ccc3c(c2)c2cc4ccccc4c4c5ccccc5n3c24)c1. The molecule has 1 nitrogen and oxygen atoms in total. The van der Waals surface area contributed by atoms with E-state index in [1.807, 2.05) is 0 Å². The van der Waals surface area contributed by atoms with Gasteiger partial charge in [-0.2, -0.15) is 0 Å². The summed E-state index contributed by atoms with van der Waals surface area (Å²) in [4.78, 5) is 0. The normalized spacial score (nSPS) is 12.2. The molecule has 0 atom stereocenters. The zero-order chi connectivity index (χ0) is 20.7. The van der Waals surface area contributed by atoms with Crippen molar-refractivity contribution in [1.29, 1.82) is 0 Å². The number of rotatable bonds is 1. The Balaban J connectivity index is 1.70. The van der Waals surface area contributed by atoms with Crippen molar-refractivity contribution >= 4 is 48.9 Å². The summed E-state index contributed by atoms with van der Waals surface area (Å²) >= 11 is 0. The summed E-state index contributed by atoms with van der Waals surface area (Å²) in [6, 6.07) is 33.8. The Morgan fingerprint density at radius 2 is 1.23 bits per heavy atom. The second-order valence-corrected chi connectivity index (χ2v) is 8.83. The van der Waals surface area contributed by atoms with Gasteiger partial charge in [-0.1, -0.05) is 77.9 Å². The third-order valence-corrected chi connectivity index (χ3v) is 6.74. The number of aryl methyl sites for hydroxylation is 2. The summed E-state index contributed by atoms with van der Waals surface area (Å²) < 4.78 is 2.47. The highest BCUT2D eigenvalue weighted by molar-refractivity contribution is 6.31. The molecule has 0 saturated carbocycles.